The number of carboxylic acid groups (broad SMARTS) is 1. The summed E-state index contributed by atoms with van der Waals surface area (Å²) in [5.74, 6) is -2.47. The number of carbonyl (C=O) groups excluding carboxylic acids is 6. The summed E-state index contributed by atoms with van der Waals surface area (Å²) in [6.07, 6.45) is 6.94. The number of esters is 3. The van der Waals surface area contributed by atoms with Crippen LogP contribution in [0.15, 0.2) is 195 Å². The third-order valence-corrected chi connectivity index (χ3v) is 16.3. The molecular weight excluding hydrogens is 1440 g/mol. The Morgan fingerprint density at radius 3 is 1.20 bits per heavy atom. The first-order chi connectivity index (χ1) is 51.0. The number of aldehydes is 1. The van der Waals surface area contributed by atoms with Crippen LogP contribution in [0.4, 0.5) is 17.1 Å². The van der Waals surface area contributed by atoms with E-state index in [9.17, 15) is 33.6 Å². The number of nitrogens with one attached hydrogen (secondary N) is 5. The number of hydrogen-bond acceptors (Lipinski definition) is 17. The predicted molar refractivity (Wildman–Crippen MR) is 428 cm³/mol. The van der Waals surface area contributed by atoms with Gasteiger partial charge in [0.15, 0.2) is 31.1 Å². The van der Waals surface area contributed by atoms with Crippen LogP contribution in [-0.2, 0) is 33.4 Å². The fourth-order valence-corrected chi connectivity index (χ4v) is 10.4. The van der Waals surface area contributed by atoms with E-state index in [0.717, 1.165) is 67.7 Å². The molecule has 107 heavy (non-hydrogen) atoms. The topological polar surface area (TPSA) is 304 Å². The molecule has 24 nitrogen and oxygen atoms in total. The summed E-state index contributed by atoms with van der Waals surface area (Å²) in [6.45, 7) is 22.0. The number of anilines is 3. The number of H-pyrrole nitrogens is 4. The van der Waals surface area contributed by atoms with Crippen LogP contribution in [0.3, 0.4) is 0 Å². The normalized spacial score (nSPS) is 10.1. The maximum Gasteiger partial charge on any atom is 0.356 e. The molecule has 0 unspecified atom stereocenters. The highest BCUT2D eigenvalue weighted by atomic mass is 32.1. The van der Waals surface area contributed by atoms with Crippen molar-refractivity contribution in [2.24, 2.45) is 0 Å². The number of aromatic amines is 4. The van der Waals surface area contributed by atoms with E-state index >= 15 is 0 Å². The summed E-state index contributed by atoms with van der Waals surface area (Å²) in [7, 11) is 2.99. The Hall–Kier alpha value is -11.7. The zero-order chi connectivity index (χ0) is 78.9. The lowest BCUT2D eigenvalue weighted by Crippen LogP contribution is -2.34. The summed E-state index contributed by atoms with van der Waals surface area (Å²) in [5.41, 5.74) is 20.9. The molecule has 0 aliphatic heterocycles. The zero-order valence-corrected chi connectivity index (χ0v) is 65.2. The van der Waals surface area contributed by atoms with Crippen molar-refractivity contribution in [1.82, 2.24) is 43.3 Å². The Bertz CT molecular complexity index is 4920. The highest BCUT2D eigenvalue weighted by Gasteiger charge is 2.20. The highest BCUT2D eigenvalue weighted by molar-refractivity contribution is 7.71. The molecule has 0 fully saturated rings. The smallest absolute Gasteiger partial charge is 0.356 e. The van der Waals surface area contributed by atoms with Gasteiger partial charge in [-0.25, -0.2) is 14.7 Å². The van der Waals surface area contributed by atoms with Gasteiger partial charge in [0.25, 0.3) is 5.91 Å². The summed E-state index contributed by atoms with van der Waals surface area (Å²) in [6, 6.07) is 54.0. The number of nitrogens with zero attached hydrogens (tertiary/aromatic N) is 6. The van der Waals surface area contributed by atoms with Crippen LogP contribution in [-0.4, -0.2) is 137 Å². The van der Waals surface area contributed by atoms with Gasteiger partial charge >= 0.3 is 23.9 Å². The van der Waals surface area contributed by atoms with Crippen LogP contribution < -0.4 is 16.0 Å². The van der Waals surface area contributed by atoms with E-state index < -0.39 is 11.9 Å². The number of ether oxygens (including phenoxy) is 3. The van der Waals surface area contributed by atoms with Gasteiger partial charge in [-0.05, 0) is 203 Å². The van der Waals surface area contributed by atoms with Gasteiger partial charge in [-0.1, -0.05) is 124 Å². The molecule has 0 saturated heterocycles. The fraction of sp³-hybridized carbons (Fsp3) is 0.228. The lowest BCUT2D eigenvalue weighted by atomic mass is 10.2. The minimum atomic E-state index is -1.01. The molecule has 4 heterocycles. The zero-order valence-electron chi connectivity index (χ0n) is 61.9. The van der Waals surface area contributed by atoms with Crippen LogP contribution in [0.5, 0.6) is 0 Å². The van der Waals surface area contributed by atoms with Crippen LogP contribution >= 0.6 is 48.9 Å². The number of aromatic nitrogens is 8. The van der Waals surface area contributed by atoms with Crippen LogP contribution in [0.2, 0.25) is 0 Å². The Morgan fingerprint density at radius 1 is 0.477 bits per heavy atom. The molecule has 0 atom stereocenters. The number of rotatable bonds is 18. The van der Waals surface area contributed by atoms with E-state index in [4.69, 9.17) is 78.8 Å². The minimum absolute atomic E-state index is 0.0494. The third kappa shape index (κ3) is 27.1. The number of carbonyl (C=O) groups is 7. The summed E-state index contributed by atoms with van der Waals surface area (Å²) in [4.78, 5) is 97.3. The summed E-state index contributed by atoms with van der Waals surface area (Å²) < 4.78 is 23.0. The number of nitrogen functional groups attached to an aromatic ring is 1. The Balaban J connectivity index is 0.000000226. The molecule has 11 rings (SSSR count). The quantitative estimate of drug-likeness (QED) is 0.0105. The molecular formula is C79H90N12O12S4. The molecule has 7 aromatic carbocycles. The van der Waals surface area contributed by atoms with Gasteiger partial charge in [-0.15, -0.1) is 0 Å². The van der Waals surface area contributed by atoms with Crippen molar-refractivity contribution in [1.29, 1.82) is 0 Å². The van der Waals surface area contributed by atoms with E-state index in [0.29, 0.717) is 61.7 Å². The van der Waals surface area contributed by atoms with Crippen LogP contribution in [0, 0.1) is 67.6 Å². The molecule has 11 aromatic rings. The van der Waals surface area contributed by atoms with Gasteiger partial charge < -0.3 is 55.2 Å². The second-order valence-electron chi connectivity index (χ2n) is 23.4. The van der Waals surface area contributed by atoms with Crippen molar-refractivity contribution in [3.8, 4) is 22.7 Å². The van der Waals surface area contributed by atoms with Crippen LogP contribution in [0.25, 0.3) is 22.7 Å². The monoisotopic (exact) mass is 1530 g/mol. The van der Waals surface area contributed by atoms with Crippen molar-refractivity contribution < 1.29 is 57.7 Å². The van der Waals surface area contributed by atoms with E-state index in [-0.39, 0.29) is 42.5 Å². The van der Waals surface area contributed by atoms with E-state index in [1.807, 2.05) is 218 Å². The van der Waals surface area contributed by atoms with E-state index in [1.165, 1.54) is 46.4 Å². The molecule has 0 aliphatic carbocycles. The maximum atomic E-state index is 12.2. The SMILES string of the molecule is CCOC(=O)CN(C(C)=O)c1ccc(C)cc1.CCOC(=O)CNc1ccc(C)cc1.CCOC(=O)c1c[nH]c(=S)n1-c1ccc(C)cc1.CON(C)C(=O)c1c[nH]c(=S)n1-c1ccc(C)cc1.Cc1ccc(-n2c(C(=O)O)c[nH]c2=S)cc1.Cc1ccc(-n2c(C=O)c[nH]c2=S)cc1.Cc1ccc(N)cc1. The largest absolute Gasteiger partial charge is 0.477 e. The third-order valence-electron chi connectivity index (χ3n) is 15.1. The van der Waals surface area contributed by atoms with Gasteiger partial charge in [-0.3, -0.25) is 47.1 Å². The highest BCUT2D eigenvalue weighted by Crippen LogP contribution is 2.20. The molecule has 0 aliphatic rings. The number of aromatic carboxylic acids is 1. The second kappa shape index (κ2) is 43.6. The Morgan fingerprint density at radius 2 is 0.813 bits per heavy atom. The average Bonchev–Trinajstić information content (AvgIpc) is 1.68. The van der Waals surface area contributed by atoms with Gasteiger partial charge in [0.2, 0.25) is 5.91 Å². The number of hydrogen-bond donors (Lipinski definition) is 7. The van der Waals surface area contributed by atoms with E-state index in [2.05, 4.69) is 25.3 Å². The lowest BCUT2D eigenvalue weighted by molar-refractivity contribution is -0.142. The molecule has 0 spiro atoms. The molecule has 0 bridgehead atoms. The fourth-order valence-electron chi connectivity index (χ4n) is 9.37. The van der Waals surface area contributed by atoms with E-state index in [1.54, 1.807) is 60.1 Å². The summed E-state index contributed by atoms with van der Waals surface area (Å²) >= 11 is 20.6. The standard InChI is InChI=1S/C13H15N3O2S.C13H14N2O2S.C13H17NO3.C11H10N2O2S.C11H10N2OS.C11H15NO2.C7H9N/c1-9-4-6-10(7-5-9)16-11(8-14-13(16)19)12(17)15(2)18-3;1-3-17-12(16)11-8-14-13(18)15(11)10-6-4-9(2)5-7-10;1-4-17-13(16)9-14(11(3)15)12-7-5-10(2)6-8-12;1-7-2-4-8(5-3-7)13-9(10(14)15)6-12-11(13)16;1-8-2-4-9(5-3-8)13-10(7-14)6-12-11(13)15;1-3-14-11(13)8-12-10-6-4-9(2)5-7-10;1-6-2-4-7(8)5-3-6/h4-8H,1-3H3,(H,14,19);4-8H,3H2,1-2H3,(H,14,18);5-8H,4,9H2,1-3H3;2-6H,1H3,(H,12,16)(H,14,15);2-7H,1H3,(H,12,15);4-7,12H,3,8H2,1-2H3;2-5H,8H2,1H3. The van der Waals surface area contributed by atoms with Crippen molar-refractivity contribution >= 4 is 108 Å². The first-order valence-electron chi connectivity index (χ1n) is 33.5. The van der Waals surface area contributed by atoms with Crippen LogP contribution in [0.1, 0.15) is 109 Å². The number of aryl methyl sites for hydroxylation is 7. The van der Waals surface area contributed by atoms with Crippen molar-refractivity contribution in [3.05, 3.63) is 275 Å². The minimum Gasteiger partial charge on any atom is -0.477 e. The number of hydroxylamine groups is 2. The molecule has 0 radical (unpaired) electrons. The van der Waals surface area contributed by atoms with Gasteiger partial charge in [0.1, 0.15) is 30.2 Å². The molecule has 8 N–H and O–H groups in total. The van der Waals surface area contributed by atoms with Gasteiger partial charge in [-0.2, -0.15) is 0 Å². The first kappa shape index (κ1) is 86.0. The second-order valence-corrected chi connectivity index (χ2v) is 25.0. The Kier molecular flexibility index (Phi) is 35.0. The van der Waals surface area contributed by atoms with Crippen molar-refractivity contribution in [2.75, 3.05) is 63.0 Å². The lowest BCUT2D eigenvalue weighted by Gasteiger charge is -2.20. The predicted octanol–water partition coefficient (Wildman–Crippen LogP) is 16.2. The van der Waals surface area contributed by atoms with Crippen molar-refractivity contribution in [2.45, 2.75) is 76.2 Å². The molecule has 2 amide bonds. The van der Waals surface area contributed by atoms with Gasteiger partial charge in [0.05, 0.1) is 26.9 Å². The number of benzene rings is 7. The number of nitrogens with two attached hydrogens (primary N) is 1. The number of amides is 2. The van der Waals surface area contributed by atoms with Crippen molar-refractivity contribution in [3.63, 3.8) is 0 Å². The Labute approximate surface area is 642 Å². The summed E-state index contributed by atoms with van der Waals surface area (Å²) in [5, 5.41) is 13.1. The number of carboxylic acids is 1. The molecule has 28 heteroatoms. The molecule has 562 valence electrons. The first-order valence-corrected chi connectivity index (χ1v) is 35.1. The average molecular weight is 1530 g/mol. The maximum absolute atomic E-state index is 12.2. The molecule has 4 aromatic heterocycles. The molecule has 0 saturated carbocycles. The van der Waals surface area contributed by atoms with Gasteiger partial charge in [0, 0.05) is 78.6 Å². The number of imidazole rings is 4.